The van der Waals surface area contributed by atoms with Crippen LogP contribution in [0.1, 0.15) is 34.1 Å². The summed E-state index contributed by atoms with van der Waals surface area (Å²) >= 11 is 0. The van der Waals surface area contributed by atoms with Crippen molar-refractivity contribution in [3.05, 3.63) is 11.6 Å². The molecule has 0 aliphatic carbocycles. The molecule has 1 unspecified atom stereocenters. The molecule has 0 aromatic rings. The van der Waals surface area contributed by atoms with Gasteiger partial charge in [-0.25, -0.2) is 0 Å². The van der Waals surface area contributed by atoms with E-state index >= 15 is 0 Å². The molecule has 0 saturated carbocycles. The third-order valence-electron chi connectivity index (χ3n) is 3.11. The first-order valence-corrected chi connectivity index (χ1v) is 5.87. The molecule has 1 heterocycles. The maximum atomic E-state index is 11.9. The molecule has 3 nitrogen and oxygen atoms in total. The second-order valence-corrected chi connectivity index (χ2v) is 5.39. The lowest BCUT2D eigenvalue weighted by Crippen LogP contribution is -2.46. The van der Waals surface area contributed by atoms with Crippen molar-refractivity contribution in [2.75, 3.05) is 20.3 Å². The lowest BCUT2D eigenvalue weighted by atomic mass is 9.80. The first kappa shape index (κ1) is 13.2. The molecule has 1 amide bonds. The monoisotopic (exact) mass is 225 g/mol. The van der Waals surface area contributed by atoms with Crippen molar-refractivity contribution in [3.8, 4) is 0 Å². The van der Waals surface area contributed by atoms with Crippen LogP contribution >= 0.6 is 0 Å². The minimum atomic E-state index is 0.0878. The zero-order valence-electron chi connectivity index (χ0n) is 11.0. The van der Waals surface area contributed by atoms with E-state index in [0.29, 0.717) is 0 Å². The van der Waals surface area contributed by atoms with Gasteiger partial charge < -0.3 is 9.64 Å². The Hall–Kier alpha value is -0.830. The fourth-order valence-corrected chi connectivity index (χ4v) is 2.37. The van der Waals surface area contributed by atoms with Crippen molar-refractivity contribution in [1.29, 1.82) is 0 Å². The van der Waals surface area contributed by atoms with Crippen molar-refractivity contribution < 1.29 is 9.53 Å². The van der Waals surface area contributed by atoms with Crippen LogP contribution in [0.5, 0.6) is 0 Å². The van der Waals surface area contributed by atoms with Crippen LogP contribution in [0.25, 0.3) is 0 Å². The van der Waals surface area contributed by atoms with Gasteiger partial charge in [-0.1, -0.05) is 26.8 Å². The molecule has 0 radical (unpaired) electrons. The van der Waals surface area contributed by atoms with Crippen LogP contribution in [0.3, 0.4) is 0 Å². The van der Waals surface area contributed by atoms with E-state index in [9.17, 15) is 4.79 Å². The summed E-state index contributed by atoms with van der Waals surface area (Å²) in [5, 5.41) is 0. The highest BCUT2D eigenvalue weighted by Crippen LogP contribution is 2.33. The van der Waals surface area contributed by atoms with E-state index in [0.717, 1.165) is 13.0 Å². The average molecular weight is 225 g/mol. The summed E-state index contributed by atoms with van der Waals surface area (Å²) in [5.74, 6) is 0.0878. The number of ether oxygens (including phenoxy) is 1. The molecule has 0 bridgehead atoms. The van der Waals surface area contributed by atoms with Crippen molar-refractivity contribution >= 4 is 5.91 Å². The van der Waals surface area contributed by atoms with Crippen molar-refractivity contribution in [2.45, 2.75) is 40.2 Å². The number of hydrogen-bond acceptors (Lipinski definition) is 2. The van der Waals surface area contributed by atoms with Crippen LogP contribution in [0.4, 0.5) is 0 Å². The summed E-state index contributed by atoms with van der Waals surface area (Å²) in [6.45, 7) is 9.67. The maximum Gasteiger partial charge on any atom is 0.249 e. The molecule has 3 heteroatoms. The molecule has 92 valence electrons. The molecule has 0 aromatic carbocycles. The topological polar surface area (TPSA) is 29.5 Å². The Balaban J connectivity index is 2.81. The molecule has 0 fully saturated rings. The van der Waals surface area contributed by atoms with Gasteiger partial charge in [-0.15, -0.1) is 0 Å². The Bertz CT molecular complexity index is 289. The normalized spacial score (nSPS) is 21.9. The maximum absolute atomic E-state index is 11.9. The zero-order valence-corrected chi connectivity index (χ0v) is 11.0. The number of carbonyl (C=O) groups is 1. The number of rotatable bonds is 2. The van der Waals surface area contributed by atoms with E-state index in [2.05, 4.69) is 33.8 Å². The van der Waals surface area contributed by atoms with Crippen LogP contribution in [-0.2, 0) is 9.53 Å². The van der Waals surface area contributed by atoms with E-state index in [1.54, 1.807) is 7.11 Å². The Morgan fingerprint density at radius 1 is 1.56 bits per heavy atom. The molecular weight excluding hydrogens is 202 g/mol. The fourth-order valence-electron chi connectivity index (χ4n) is 2.37. The standard InChI is InChI=1S/C13H23NO2/c1-10-11(13(2,3)4)7-6-8-14(10)12(15)9-16-5/h7,10H,6,8-9H2,1-5H3. The third-order valence-corrected chi connectivity index (χ3v) is 3.11. The summed E-state index contributed by atoms with van der Waals surface area (Å²) in [6, 6.07) is 0.191. The molecule has 1 aliphatic rings. The van der Waals surface area contributed by atoms with Crippen molar-refractivity contribution in [3.63, 3.8) is 0 Å². The Labute approximate surface area is 98.5 Å². The van der Waals surface area contributed by atoms with Crippen LogP contribution in [0.15, 0.2) is 11.6 Å². The number of amides is 1. The number of methoxy groups -OCH3 is 1. The zero-order chi connectivity index (χ0) is 12.3. The molecule has 1 rings (SSSR count). The van der Waals surface area contributed by atoms with Gasteiger partial charge in [0, 0.05) is 13.7 Å². The lowest BCUT2D eigenvalue weighted by molar-refractivity contribution is -0.136. The SMILES string of the molecule is COCC(=O)N1CCC=C(C(C)(C)C)C1C. The van der Waals surface area contributed by atoms with Gasteiger partial charge in [0.05, 0.1) is 6.04 Å². The van der Waals surface area contributed by atoms with Gasteiger partial charge in [-0.05, 0) is 24.3 Å². The largest absolute Gasteiger partial charge is 0.375 e. The Kier molecular flexibility index (Phi) is 4.14. The molecule has 0 spiro atoms. The summed E-state index contributed by atoms with van der Waals surface area (Å²) in [4.78, 5) is 13.8. The number of hydrogen-bond donors (Lipinski definition) is 0. The summed E-state index contributed by atoms with van der Waals surface area (Å²) in [7, 11) is 1.56. The van der Waals surface area contributed by atoms with Crippen LogP contribution in [0, 0.1) is 5.41 Å². The predicted octanol–water partition coefficient (Wildman–Crippen LogP) is 2.23. The van der Waals surface area contributed by atoms with E-state index in [-0.39, 0.29) is 24.0 Å². The third kappa shape index (κ3) is 2.85. The molecule has 1 atom stereocenters. The Morgan fingerprint density at radius 2 is 2.19 bits per heavy atom. The Morgan fingerprint density at radius 3 is 2.69 bits per heavy atom. The number of nitrogens with zero attached hydrogens (tertiary/aromatic N) is 1. The summed E-state index contributed by atoms with van der Waals surface area (Å²) in [5.41, 5.74) is 1.48. The second kappa shape index (κ2) is 5.00. The molecule has 0 aromatic heterocycles. The van der Waals surface area contributed by atoms with E-state index < -0.39 is 0 Å². The van der Waals surface area contributed by atoms with Gasteiger partial charge in [0.1, 0.15) is 6.61 Å². The van der Waals surface area contributed by atoms with E-state index in [1.165, 1.54) is 5.57 Å². The lowest BCUT2D eigenvalue weighted by Gasteiger charge is -2.39. The molecule has 0 N–H and O–H groups in total. The quantitative estimate of drug-likeness (QED) is 0.674. The highest BCUT2D eigenvalue weighted by Gasteiger charge is 2.31. The first-order valence-electron chi connectivity index (χ1n) is 5.87. The van der Waals surface area contributed by atoms with Gasteiger partial charge in [0.25, 0.3) is 0 Å². The van der Waals surface area contributed by atoms with Crippen LogP contribution < -0.4 is 0 Å². The van der Waals surface area contributed by atoms with Crippen molar-refractivity contribution in [2.24, 2.45) is 5.41 Å². The van der Waals surface area contributed by atoms with Gasteiger partial charge >= 0.3 is 0 Å². The fraction of sp³-hybridized carbons (Fsp3) is 0.769. The molecule has 1 aliphatic heterocycles. The van der Waals surface area contributed by atoms with Gasteiger partial charge in [0.2, 0.25) is 5.91 Å². The summed E-state index contributed by atoms with van der Waals surface area (Å²) in [6.07, 6.45) is 3.23. The number of carbonyl (C=O) groups excluding carboxylic acids is 1. The highest BCUT2D eigenvalue weighted by molar-refractivity contribution is 5.78. The molecular formula is C13H23NO2. The van der Waals surface area contributed by atoms with Gasteiger partial charge in [0.15, 0.2) is 0 Å². The second-order valence-electron chi connectivity index (χ2n) is 5.39. The highest BCUT2D eigenvalue weighted by atomic mass is 16.5. The molecule has 16 heavy (non-hydrogen) atoms. The van der Waals surface area contributed by atoms with E-state index in [4.69, 9.17) is 4.74 Å². The van der Waals surface area contributed by atoms with Gasteiger partial charge in [-0.2, -0.15) is 0 Å². The summed E-state index contributed by atoms with van der Waals surface area (Å²) < 4.78 is 4.92. The van der Waals surface area contributed by atoms with Crippen molar-refractivity contribution in [1.82, 2.24) is 4.90 Å². The van der Waals surface area contributed by atoms with Gasteiger partial charge in [-0.3, -0.25) is 4.79 Å². The average Bonchev–Trinajstić information content (AvgIpc) is 2.16. The first-order chi connectivity index (χ1) is 7.38. The van der Waals surface area contributed by atoms with Crippen LogP contribution in [0.2, 0.25) is 0 Å². The van der Waals surface area contributed by atoms with Crippen LogP contribution in [-0.4, -0.2) is 37.1 Å². The minimum absolute atomic E-state index is 0.0878. The minimum Gasteiger partial charge on any atom is -0.375 e. The van der Waals surface area contributed by atoms with E-state index in [1.807, 2.05) is 4.90 Å². The molecule has 0 saturated heterocycles. The smallest absolute Gasteiger partial charge is 0.249 e. The predicted molar refractivity (Wildman–Crippen MR) is 65.2 cm³/mol.